The van der Waals surface area contributed by atoms with Crippen LogP contribution in [0.3, 0.4) is 0 Å². The van der Waals surface area contributed by atoms with Crippen molar-refractivity contribution in [2.24, 2.45) is 5.92 Å². The summed E-state index contributed by atoms with van der Waals surface area (Å²) in [6, 6.07) is 8.05. The van der Waals surface area contributed by atoms with Crippen LogP contribution in [-0.4, -0.2) is 30.9 Å². The van der Waals surface area contributed by atoms with Gasteiger partial charge in [-0.25, -0.2) is 0 Å². The molecule has 1 aliphatic rings. The summed E-state index contributed by atoms with van der Waals surface area (Å²) in [5, 5.41) is 3.22. The Balaban J connectivity index is 1.75. The van der Waals surface area contributed by atoms with Crippen molar-refractivity contribution in [3.05, 3.63) is 34.3 Å². The Hall–Kier alpha value is -0.870. The Kier molecular flexibility index (Phi) is 4.78. The minimum Gasteiger partial charge on any atom is -0.340 e. The van der Waals surface area contributed by atoms with E-state index in [4.69, 9.17) is 0 Å². The average Bonchev–Trinajstić information content (AvgIpc) is 3.13. The van der Waals surface area contributed by atoms with Crippen LogP contribution in [0.1, 0.15) is 18.4 Å². The molecular formula is C14H19BrN2O. The molecule has 0 radical (unpaired) electrons. The summed E-state index contributed by atoms with van der Waals surface area (Å²) in [5.74, 6) is 0.962. The van der Waals surface area contributed by atoms with Crippen molar-refractivity contribution in [3.8, 4) is 0 Å². The predicted octanol–water partition coefficient (Wildman–Crippen LogP) is 2.41. The molecule has 0 unspecified atom stereocenters. The molecule has 1 aromatic carbocycles. The van der Waals surface area contributed by atoms with Crippen LogP contribution in [0.2, 0.25) is 0 Å². The van der Waals surface area contributed by atoms with E-state index in [2.05, 4.69) is 21.2 Å². The van der Waals surface area contributed by atoms with Gasteiger partial charge in [-0.05, 0) is 43.0 Å². The number of rotatable bonds is 6. The molecule has 4 heteroatoms. The number of hydrogen-bond donors (Lipinski definition) is 1. The standard InChI is InChI=1S/C14H19BrN2O/c1-17(10-12-3-2-4-13(15)7-12)14(18)9-16-8-11-5-6-11/h2-4,7,11,16H,5-6,8-10H2,1H3. The van der Waals surface area contributed by atoms with Crippen LogP contribution in [0, 0.1) is 5.92 Å². The maximum atomic E-state index is 11.9. The molecule has 0 bridgehead atoms. The summed E-state index contributed by atoms with van der Waals surface area (Å²) in [5.41, 5.74) is 1.14. The van der Waals surface area contributed by atoms with E-state index in [0.717, 1.165) is 22.5 Å². The summed E-state index contributed by atoms with van der Waals surface area (Å²) in [4.78, 5) is 13.7. The Bertz CT molecular complexity index is 418. The SMILES string of the molecule is CN(Cc1cccc(Br)c1)C(=O)CNCC1CC1. The molecule has 0 saturated heterocycles. The summed E-state index contributed by atoms with van der Waals surface area (Å²) >= 11 is 3.44. The number of likely N-dealkylation sites (N-methyl/N-ethyl adjacent to an activating group) is 1. The van der Waals surface area contributed by atoms with Crippen LogP contribution in [-0.2, 0) is 11.3 Å². The van der Waals surface area contributed by atoms with Gasteiger partial charge in [0.05, 0.1) is 6.54 Å². The van der Waals surface area contributed by atoms with Gasteiger partial charge < -0.3 is 10.2 Å². The lowest BCUT2D eigenvalue weighted by atomic mass is 10.2. The van der Waals surface area contributed by atoms with Gasteiger partial charge >= 0.3 is 0 Å². The molecule has 0 aromatic heterocycles. The van der Waals surface area contributed by atoms with Gasteiger partial charge in [0, 0.05) is 18.1 Å². The van der Waals surface area contributed by atoms with Crippen molar-refractivity contribution in [2.75, 3.05) is 20.1 Å². The van der Waals surface area contributed by atoms with Gasteiger partial charge in [-0.1, -0.05) is 28.1 Å². The molecule has 0 aliphatic heterocycles. The number of nitrogens with one attached hydrogen (secondary N) is 1. The molecule has 1 saturated carbocycles. The molecule has 98 valence electrons. The molecule has 1 aromatic rings. The molecule has 2 rings (SSSR count). The highest BCUT2D eigenvalue weighted by atomic mass is 79.9. The molecule has 1 N–H and O–H groups in total. The van der Waals surface area contributed by atoms with Crippen molar-refractivity contribution < 1.29 is 4.79 Å². The fourth-order valence-corrected chi connectivity index (χ4v) is 2.28. The highest BCUT2D eigenvalue weighted by molar-refractivity contribution is 9.10. The van der Waals surface area contributed by atoms with Crippen molar-refractivity contribution in [3.63, 3.8) is 0 Å². The number of carbonyl (C=O) groups is 1. The fraction of sp³-hybridized carbons (Fsp3) is 0.500. The van der Waals surface area contributed by atoms with Gasteiger partial charge in [0.25, 0.3) is 0 Å². The lowest BCUT2D eigenvalue weighted by Crippen LogP contribution is -2.35. The zero-order chi connectivity index (χ0) is 13.0. The monoisotopic (exact) mass is 310 g/mol. The van der Waals surface area contributed by atoms with Crippen LogP contribution >= 0.6 is 15.9 Å². The molecular weight excluding hydrogens is 292 g/mol. The third-order valence-electron chi connectivity index (χ3n) is 3.14. The minimum absolute atomic E-state index is 0.149. The van der Waals surface area contributed by atoms with E-state index < -0.39 is 0 Å². The normalized spacial score (nSPS) is 14.6. The van der Waals surface area contributed by atoms with Crippen LogP contribution in [0.15, 0.2) is 28.7 Å². The van der Waals surface area contributed by atoms with E-state index in [0.29, 0.717) is 13.1 Å². The van der Waals surface area contributed by atoms with Crippen molar-refractivity contribution in [1.29, 1.82) is 0 Å². The number of carbonyl (C=O) groups excluding carboxylic acids is 1. The first-order valence-corrected chi connectivity index (χ1v) is 7.13. The van der Waals surface area contributed by atoms with Gasteiger partial charge in [0.2, 0.25) is 5.91 Å². The summed E-state index contributed by atoms with van der Waals surface area (Å²) < 4.78 is 1.05. The largest absolute Gasteiger partial charge is 0.340 e. The minimum atomic E-state index is 0.149. The predicted molar refractivity (Wildman–Crippen MR) is 76.2 cm³/mol. The van der Waals surface area contributed by atoms with E-state index >= 15 is 0 Å². The van der Waals surface area contributed by atoms with Crippen LogP contribution < -0.4 is 5.32 Å². The quantitative estimate of drug-likeness (QED) is 0.875. The number of amides is 1. The molecule has 1 fully saturated rings. The second kappa shape index (κ2) is 6.34. The topological polar surface area (TPSA) is 32.3 Å². The van der Waals surface area contributed by atoms with E-state index in [1.165, 1.54) is 12.8 Å². The van der Waals surface area contributed by atoms with E-state index in [9.17, 15) is 4.79 Å². The van der Waals surface area contributed by atoms with Crippen molar-refractivity contribution in [1.82, 2.24) is 10.2 Å². The number of halogens is 1. The van der Waals surface area contributed by atoms with Gasteiger partial charge in [-0.3, -0.25) is 4.79 Å². The van der Waals surface area contributed by atoms with E-state index in [-0.39, 0.29) is 5.91 Å². The molecule has 0 spiro atoms. The first-order valence-electron chi connectivity index (χ1n) is 6.34. The first-order chi connectivity index (χ1) is 8.65. The zero-order valence-corrected chi connectivity index (χ0v) is 12.2. The Morgan fingerprint density at radius 1 is 1.50 bits per heavy atom. The maximum absolute atomic E-state index is 11.9. The molecule has 1 aliphatic carbocycles. The molecule has 3 nitrogen and oxygen atoms in total. The highest BCUT2D eigenvalue weighted by Crippen LogP contribution is 2.27. The van der Waals surface area contributed by atoms with Crippen molar-refractivity contribution in [2.45, 2.75) is 19.4 Å². The number of benzene rings is 1. The van der Waals surface area contributed by atoms with Gasteiger partial charge in [-0.15, -0.1) is 0 Å². The lowest BCUT2D eigenvalue weighted by Gasteiger charge is -2.17. The van der Waals surface area contributed by atoms with Crippen LogP contribution in [0.4, 0.5) is 0 Å². The molecule has 18 heavy (non-hydrogen) atoms. The first kappa shape index (κ1) is 13.6. The van der Waals surface area contributed by atoms with Crippen molar-refractivity contribution >= 4 is 21.8 Å². The third-order valence-corrected chi connectivity index (χ3v) is 3.63. The summed E-state index contributed by atoms with van der Waals surface area (Å²) in [6.07, 6.45) is 2.63. The lowest BCUT2D eigenvalue weighted by molar-refractivity contribution is -0.129. The summed E-state index contributed by atoms with van der Waals surface area (Å²) in [6.45, 7) is 2.08. The summed E-state index contributed by atoms with van der Waals surface area (Å²) in [7, 11) is 1.85. The van der Waals surface area contributed by atoms with E-state index in [1.807, 2.05) is 31.3 Å². The molecule has 0 heterocycles. The smallest absolute Gasteiger partial charge is 0.236 e. The molecule has 0 atom stereocenters. The third kappa shape index (κ3) is 4.42. The Morgan fingerprint density at radius 2 is 2.28 bits per heavy atom. The van der Waals surface area contributed by atoms with Gasteiger partial charge in [0.15, 0.2) is 0 Å². The van der Waals surface area contributed by atoms with Gasteiger partial charge in [0.1, 0.15) is 0 Å². The fourth-order valence-electron chi connectivity index (χ4n) is 1.84. The van der Waals surface area contributed by atoms with E-state index in [1.54, 1.807) is 4.90 Å². The van der Waals surface area contributed by atoms with Crippen LogP contribution in [0.25, 0.3) is 0 Å². The second-order valence-electron chi connectivity index (χ2n) is 4.95. The number of nitrogens with zero attached hydrogens (tertiary/aromatic N) is 1. The Labute approximate surface area is 117 Å². The zero-order valence-electron chi connectivity index (χ0n) is 10.7. The highest BCUT2D eigenvalue weighted by Gasteiger charge is 2.20. The van der Waals surface area contributed by atoms with Crippen LogP contribution in [0.5, 0.6) is 0 Å². The average molecular weight is 311 g/mol. The van der Waals surface area contributed by atoms with Gasteiger partial charge in [-0.2, -0.15) is 0 Å². The molecule has 1 amide bonds. The Morgan fingerprint density at radius 3 is 2.94 bits per heavy atom. The second-order valence-corrected chi connectivity index (χ2v) is 5.87. The number of hydrogen-bond acceptors (Lipinski definition) is 2. The maximum Gasteiger partial charge on any atom is 0.236 e.